The van der Waals surface area contributed by atoms with E-state index in [0.717, 1.165) is 6.42 Å². The Hall–Kier alpha value is -1.26. The SMILES string of the molecule is CCCNC(=O)N1CC(C)C(C(=O)O)C1. The van der Waals surface area contributed by atoms with Crippen molar-refractivity contribution in [2.45, 2.75) is 20.3 Å². The predicted octanol–water partition coefficient (Wildman–Crippen LogP) is 0.759. The smallest absolute Gasteiger partial charge is 0.317 e. The maximum atomic E-state index is 11.5. The van der Waals surface area contributed by atoms with E-state index < -0.39 is 11.9 Å². The molecule has 5 nitrogen and oxygen atoms in total. The van der Waals surface area contributed by atoms with Crippen molar-refractivity contribution in [3.05, 3.63) is 0 Å². The number of aliphatic carboxylic acids is 1. The first-order chi connectivity index (χ1) is 7.06. The molecule has 0 bridgehead atoms. The number of carboxylic acids is 1. The summed E-state index contributed by atoms with van der Waals surface area (Å²) < 4.78 is 0. The van der Waals surface area contributed by atoms with Crippen LogP contribution in [0.15, 0.2) is 0 Å². The molecule has 15 heavy (non-hydrogen) atoms. The van der Waals surface area contributed by atoms with Gasteiger partial charge in [0.25, 0.3) is 0 Å². The highest BCUT2D eigenvalue weighted by molar-refractivity contribution is 5.77. The molecule has 0 spiro atoms. The molecular formula is C10H18N2O3. The van der Waals surface area contributed by atoms with Crippen LogP contribution in [0, 0.1) is 11.8 Å². The molecular weight excluding hydrogens is 196 g/mol. The third kappa shape index (κ3) is 2.84. The number of amides is 2. The van der Waals surface area contributed by atoms with Crippen LogP contribution in [0.4, 0.5) is 4.79 Å². The highest BCUT2D eigenvalue weighted by Gasteiger charge is 2.36. The lowest BCUT2D eigenvalue weighted by atomic mass is 9.99. The zero-order chi connectivity index (χ0) is 11.4. The van der Waals surface area contributed by atoms with E-state index in [1.54, 1.807) is 4.90 Å². The van der Waals surface area contributed by atoms with Crippen molar-refractivity contribution < 1.29 is 14.7 Å². The Kier molecular flexibility index (Phi) is 3.94. The molecule has 2 amide bonds. The van der Waals surface area contributed by atoms with Gasteiger partial charge in [-0.15, -0.1) is 0 Å². The normalized spacial score (nSPS) is 25.3. The molecule has 1 fully saturated rings. The van der Waals surface area contributed by atoms with Crippen LogP contribution in [0.25, 0.3) is 0 Å². The Morgan fingerprint density at radius 1 is 1.47 bits per heavy atom. The monoisotopic (exact) mass is 214 g/mol. The fourth-order valence-corrected chi connectivity index (χ4v) is 1.80. The fraction of sp³-hybridized carbons (Fsp3) is 0.800. The number of likely N-dealkylation sites (tertiary alicyclic amines) is 1. The number of hydrogen-bond acceptors (Lipinski definition) is 2. The van der Waals surface area contributed by atoms with Crippen molar-refractivity contribution in [2.75, 3.05) is 19.6 Å². The lowest BCUT2D eigenvalue weighted by Gasteiger charge is -2.16. The van der Waals surface area contributed by atoms with Crippen LogP contribution in [-0.4, -0.2) is 41.6 Å². The lowest BCUT2D eigenvalue weighted by molar-refractivity contribution is -0.142. The van der Waals surface area contributed by atoms with Crippen LogP contribution in [0.5, 0.6) is 0 Å². The van der Waals surface area contributed by atoms with Gasteiger partial charge in [0.15, 0.2) is 0 Å². The molecule has 1 saturated heterocycles. The van der Waals surface area contributed by atoms with E-state index in [9.17, 15) is 9.59 Å². The van der Waals surface area contributed by atoms with E-state index >= 15 is 0 Å². The molecule has 1 aliphatic heterocycles. The van der Waals surface area contributed by atoms with Crippen LogP contribution < -0.4 is 5.32 Å². The van der Waals surface area contributed by atoms with E-state index in [0.29, 0.717) is 19.6 Å². The molecule has 0 aromatic rings. The van der Waals surface area contributed by atoms with E-state index in [2.05, 4.69) is 5.32 Å². The van der Waals surface area contributed by atoms with Crippen molar-refractivity contribution in [3.63, 3.8) is 0 Å². The minimum absolute atomic E-state index is 0.0369. The molecule has 1 heterocycles. The van der Waals surface area contributed by atoms with E-state index in [-0.39, 0.29) is 11.9 Å². The largest absolute Gasteiger partial charge is 0.481 e. The Morgan fingerprint density at radius 3 is 2.60 bits per heavy atom. The molecule has 1 rings (SSSR count). The second-order valence-corrected chi connectivity index (χ2v) is 4.06. The second kappa shape index (κ2) is 5.00. The van der Waals surface area contributed by atoms with Gasteiger partial charge < -0.3 is 15.3 Å². The minimum atomic E-state index is -0.812. The standard InChI is InChI=1S/C10H18N2O3/c1-3-4-11-10(15)12-5-7(2)8(6-12)9(13)14/h7-8H,3-6H2,1-2H3,(H,11,15)(H,13,14). The molecule has 2 unspecified atom stereocenters. The zero-order valence-electron chi connectivity index (χ0n) is 9.19. The summed E-state index contributed by atoms with van der Waals surface area (Å²) in [5.74, 6) is -1.19. The minimum Gasteiger partial charge on any atom is -0.481 e. The molecule has 0 aliphatic carbocycles. The highest BCUT2D eigenvalue weighted by atomic mass is 16.4. The summed E-state index contributed by atoms with van der Waals surface area (Å²) in [6.45, 7) is 5.35. The maximum absolute atomic E-state index is 11.5. The number of urea groups is 1. The van der Waals surface area contributed by atoms with Crippen molar-refractivity contribution >= 4 is 12.0 Å². The quantitative estimate of drug-likeness (QED) is 0.728. The first kappa shape index (κ1) is 11.8. The zero-order valence-corrected chi connectivity index (χ0v) is 9.19. The number of nitrogens with one attached hydrogen (secondary N) is 1. The van der Waals surface area contributed by atoms with Gasteiger partial charge >= 0.3 is 12.0 Å². The van der Waals surface area contributed by atoms with E-state index in [1.165, 1.54) is 0 Å². The maximum Gasteiger partial charge on any atom is 0.317 e. The van der Waals surface area contributed by atoms with Gasteiger partial charge in [-0.1, -0.05) is 13.8 Å². The Morgan fingerprint density at radius 2 is 2.13 bits per heavy atom. The van der Waals surface area contributed by atoms with Gasteiger partial charge in [-0.05, 0) is 12.3 Å². The van der Waals surface area contributed by atoms with Crippen molar-refractivity contribution in [1.29, 1.82) is 0 Å². The third-order valence-corrected chi connectivity index (χ3v) is 2.74. The topological polar surface area (TPSA) is 69.6 Å². The number of carboxylic acid groups (broad SMARTS) is 1. The number of nitrogens with zero attached hydrogens (tertiary/aromatic N) is 1. The predicted molar refractivity (Wildman–Crippen MR) is 55.6 cm³/mol. The average Bonchev–Trinajstić information content (AvgIpc) is 2.56. The van der Waals surface area contributed by atoms with Gasteiger partial charge in [0.05, 0.1) is 5.92 Å². The highest BCUT2D eigenvalue weighted by Crippen LogP contribution is 2.22. The van der Waals surface area contributed by atoms with Crippen LogP contribution >= 0.6 is 0 Å². The summed E-state index contributed by atoms with van der Waals surface area (Å²) in [6, 6.07) is -0.146. The van der Waals surface area contributed by atoms with Gasteiger partial charge in [-0.3, -0.25) is 4.79 Å². The van der Waals surface area contributed by atoms with Gasteiger partial charge in [0.1, 0.15) is 0 Å². The second-order valence-electron chi connectivity index (χ2n) is 4.06. The molecule has 5 heteroatoms. The average molecular weight is 214 g/mol. The number of carbonyl (C=O) groups is 2. The van der Waals surface area contributed by atoms with E-state index in [1.807, 2.05) is 13.8 Å². The van der Waals surface area contributed by atoms with E-state index in [4.69, 9.17) is 5.11 Å². The molecule has 2 N–H and O–H groups in total. The van der Waals surface area contributed by atoms with Gasteiger partial charge in [0.2, 0.25) is 0 Å². The molecule has 0 aromatic carbocycles. The summed E-state index contributed by atoms with van der Waals surface area (Å²) in [4.78, 5) is 24.0. The molecule has 0 radical (unpaired) electrons. The van der Waals surface area contributed by atoms with Crippen molar-refractivity contribution in [1.82, 2.24) is 10.2 Å². The summed E-state index contributed by atoms with van der Waals surface area (Å²) in [5, 5.41) is 11.6. The number of rotatable bonds is 3. The number of hydrogen-bond donors (Lipinski definition) is 2. The summed E-state index contributed by atoms with van der Waals surface area (Å²) in [5.41, 5.74) is 0. The molecule has 86 valence electrons. The van der Waals surface area contributed by atoms with Crippen LogP contribution in [-0.2, 0) is 4.79 Å². The van der Waals surface area contributed by atoms with Crippen molar-refractivity contribution in [3.8, 4) is 0 Å². The third-order valence-electron chi connectivity index (χ3n) is 2.74. The Labute approximate surface area is 89.4 Å². The Bertz CT molecular complexity index is 255. The van der Waals surface area contributed by atoms with Crippen LogP contribution in [0.2, 0.25) is 0 Å². The fourth-order valence-electron chi connectivity index (χ4n) is 1.80. The van der Waals surface area contributed by atoms with Gasteiger partial charge in [0, 0.05) is 19.6 Å². The van der Waals surface area contributed by atoms with Crippen LogP contribution in [0.3, 0.4) is 0 Å². The summed E-state index contributed by atoms with van der Waals surface area (Å²) in [6.07, 6.45) is 0.886. The van der Waals surface area contributed by atoms with Crippen molar-refractivity contribution in [2.24, 2.45) is 11.8 Å². The summed E-state index contributed by atoms with van der Waals surface area (Å²) in [7, 11) is 0. The van der Waals surface area contributed by atoms with Gasteiger partial charge in [-0.2, -0.15) is 0 Å². The first-order valence-electron chi connectivity index (χ1n) is 5.31. The molecule has 2 atom stereocenters. The summed E-state index contributed by atoms with van der Waals surface area (Å²) >= 11 is 0. The lowest BCUT2D eigenvalue weighted by Crippen LogP contribution is -2.39. The van der Waals surface area contributed by atoms with Gasteiger partial charge in [-0.25, -0.2) is 4.79 Å². The van der Waals surface area contributed by atoms with Crippen LogP contribution in [0.1, 0.15) is 20.3 Å². The Balaban J connectivity index is 2.47. The number of carbonyl (C=O) groups excluding carboxylic acids is 1. The first-order valence-corrected chi connectivity index (χ1v) is 5.31. The molecule has 1 aliphatic rings. The molecule has 0 aromatic heterocycles. The molecule has 0 saturated carbocycles.